The summed E-state index contributed by atoms with van der Waals surface area (Å²) in [4.78, 5) is 5.36. The van der Waals surface area contributed by atoms with E-state index in [1.54, 1.807) is 0 Å². The van der Waals surface area contributed by atoms with Crippen LogP contribution in [0.2, 0.25) is 0 Å². The van der Waals surface area contributed by atoms with Crippen molar-refractivity contribution in [3.63, 3.8) is 0 Å². The molecule has 2 aliphatic rings. The quantitative estimate of drug-likeness (QED) is 0.303. The predicted octanol–water partition coefficient (Wildman–Crippen LogP) is 5.76. The van der Waals surface area contributed by atoms with Crippen LogP contribution in [0.25, 0.3) is 0 Å². The molecule has 0 bridgehead atoms. The van der Waals surface area contributed by atoms with Crippen LogP contribution in [0.4, 0.5) is 0 Å². The summed E-state index contributed by atoms with van der Waals surface area (Å²) in [6.07, 6.45) is 8.89. The molecular formula is C28H56N2O3. The van der Waals surface area contributed by atoms with Crippen LogP contribution in [0, 0.1) is 5.92 Å². The molecule has 5 nitrogen and oxygen atoms in total. The molecule has 0 aromatic heterocycles. The maximum atomic E-state index is 6.22. The molecule has 33 heavy (non-hydrogen) atoms. The van der Waals surface area contributed by atoms with Crippen molar-refractivity contribution in [3.05, 3.63) is 0 Å². The van der Waals surface area contributed by atoms with Crippen molar-refractivity contribution in [3.8, 4) is 0 Å². The molecule has 196 valence electrons. The Hall–Kier alpha value is -0.200. The first-order valence-electron chi connectivity index (χ1n) is 13.8. The summed E-state index contributed by atoms with van der Waals surface area (Å²) in [5, 5.41) is 0. The van der Waals surface area contributed by atoms with Crippen molar-refractivity contribution in [1.82, 2.24) is 9.80 Å². The second-order valence-corrected chi connectivity index (χ2v) is 12.7. The monoisotopic (exact) mass is 468 g/mol. The predicted molar refractivity (Wildman–Crippen MR) is 139 cm³/mol. The van der Waals surface area contributed by atoms with E-state index in [9.17, 15) is 0 Å². The number of unbranched alkanes of at least 4 members (excludes halogenated alkanes) is 2. The summed E-state index contributed by atoms with van der Waals surface area (Å²) < 4.78 is 18.1. The van der Waals surface area contributed by atoms with E-state index >= 15 is 0 Å². The first-order chi connectivity index (χ1) is 15.4. The van der Waals surface area contributed by atoms with E-state index < -0.39 is 0 Å². The molecule has 5 heteroatoms. The number of rotatable bonds is 14. The molecule has 0 spiro atoms. The SMILES string of the molecule is CC(C)N1CCC(CN(CCOCCCCCOC(C)(C)C)C2CC(OC(C)(C)C)C2)CC1. The maximum absolute atomic E-state index is 6.22. The molecule has 0 N–H and O–H groups in total. The van der Waals surface area contributed by atoms with Crippen LogP contribution < -0.4 is 0 Å². The Morgan fingerprint density at radius 1 is 0.848 bits per heavy atom. The van der Waals surface area contributed by atoms with Gasteiger partial charge in [-0.2, -0.15) is 0 Å². The minimum Gasteiger partial charge on any atom is -0.380 e. The summed E-state index contributed by atoms with van der Waals surface area (Å²) in [6, 6.07) is 1.34. The molecule has 1 heterocycles. The zero-order valence-electron chi connectivity index (χ0n) is 23.3. The Bertz CT molecular complexity index is 512. The van der Waals surface area contributed by atoms with Crippen molar-refractivity contribution in [2.45, 2.75) is 130 Å². The standard InChI is InChI=1S/C28H56N2O3/c1-23(2)29-14-12-24(13-15-29)22-30(25-20-26(21-25)33-28(6,7)8)16-19-31-17-10-9-11-18-32-27(3,4)5/h23-26H,9-22H2,1-8H3. The average Bonchev–Trinajstić information content (AvgIpc) is 2.67. The highest BCUT2D eigenvalue weighted by Crippen LogP contribution is 2.33. The lowest BCUT2D eigenvalue weighted by Crippen LogP contribution is -2.53. The van der Waals surface area contributed by atoms with E-state index in [1.807, 2.05) is 0 Å². The van der Waals surface area contributed by atoms with Gasteiger partial charge in [-0.15, -0.1) is 0 Å². The lowest BCUT2D eigenvalue weighted by atomic mass is 9.85. The zero-order valence-corrected chi connectivity index (χ0v) is 23.3. The van der Waals surface area contributed by atoms with Gasteiger partial charge in [0.15, 0.2) is 0 Å². The molecule has 0 atom stereocenters. The van der Waals surface area contributed by atoms with E-state index in [4.69, 9.17) is 14.2 Å². The summed E-state index contributed by atoms with van der Waals surface area (Å²) >= 11 is 0. The highest BCUT2D eigenvalue weighted by Gasteiger charge is 2.37. The van der Waals surface area contributed by atoms with Crippen LogP contribution in [-0.4, -0.2) is 85.2 Å². The van der Waals surface area contributed by atoms with Crippen molar-refractivity contribution in [1.29, 1.82) is 0 Å². The van der Waals surface area contributed by atoms with E-state index in [1.165, 1.54) is 51.7 Å². The van der Waals surface area contributed by atoms with Gasteiger partial charge in [-0.25, -0.2) is 0 Å². The van der Waals surface area contributed by atoms with Gasteiger partial charge in [0.2, 0.25) is 0 Å². The number of ether oxygens (including phenoxy) is 3. The van der Waals surface area contributed by atoms with Crippen LogP contribution in [0.5, 0.6) is 0 Å². The van der Waals surface area contributed by atoms with Crippen molar-refractivity contribution < 1.29 is 14.2 Å². The third kappa shape index (κ3) is 12.4. The van der Waals surface area contributed by atoms with Crippen LogP contribution in [-0.2, 0) is 14.2 Å². The highest BCUT2D eigenvalue weighted by atomic mass is 16.5. The summed E-state index contributed by atoms with van der Waals surface area (Å²) in [5.74, 6) is 0.824. The van der Waals surface area contributed by atoms with Crippen LogP contribution in [0.1, 0.15) is 100 Å². The molecule has 2 rings (SSSR count). The molecule has 1 aliphatic heterocycles. The molecule has 1 saturated heterocycles. The minimum absolute atomic E-state index is 0.0240. The minimum atomic E-state index is -0.0365. The van der Waals surface area contributed by atoms with Crippen LogP contribution >= 0.6 is 0 Å². The Balaban J connectivity index is 1.68. The van der Waals surface area contributed by atoms with Gasteiger partial charge in [-0.05, 0) is 119 Å². The highest BCUT2D eigenvalue weighted by molar-refractivity contribution is 4.91. The van der Waals surface area contributed by atoms with E-state index in [0.29, 0.717) is 18.2 Å². The third-order valence-corrected chi connectivity index (χ3v) is 6.97. The van der Waals surface area contributed by atoms with Gasteiger partial charge in [-0.1, -0.05) is 0 Å². The van der Waals surface area contributed by atoms with Gasteiger partial charge >= 0.3 is 0 Å². The van der Waals surface area contributed by atoms with Crippen molar-refractivity contribution in [2.24, 2.45) is 5.92 Å². The van der Waals surface area contributed by atoms with Crippen LogP contribution in [0.3, 0.4) is 0 Å². The maximum Gasteiger partial charge on any atom is 0.0612 e. The third-order valence-electron chi connectivity index (χ3n) is 6.97. The smallest absolute Gasteiger partial charge is 0.0612 e. The molecule has 1 aliphatic carbocycles. The van der Waals surface area contributed by atoms with Gasteiger partial charge in [-0.3, -0.25) is 4.90 Å². The molecule has 1 saturated carbocycles. The summed E-state index contributed by atoms with van der Waals surface area (Å²) in [6.45, 7) is 24.9. The van der Waals surface area contributed by atoms with Gasteiger partial charge in [0, 0.05) is 38.4 Å². The van der Waals surface area contributed by atoms with E-state index in [2.05, 4.69) is 65.2 Å². The van der Waals surface area contributed by atoms with Gasteiger partial charge in [0.05, 0.1) is 23.9 Å². The number of likely N-dealkylation sites (tertiary alicyclic amines) is 1. The largest absolute Gasteiger partial charge is 0.380 e. The van der Waals surface area contributed by atoms with Crippen molar-refractivity contribution in [2.75, 3.05) is 46.0 Å². The first-order valence-corrected chi connectivity index (χ1v) is 13.8. The molecule has 0 radical (unpaired) electrons. The Morgan fingerprint density at radius 2 is 1.48 bits per heavy atom. The topological polar surface area (TPSA) is 34.2 Å². The number of hydrogen-bond acceptors (Lipinski definition) is 5. The second-order valence-electron chi connectivity index (χ2n) is 12.7. The Labute approximate surface area is 205 Å². The second kappa shape index (κ2) is 13.8. The molecular weight excluding hydrogens is 412 g/mol. The fraction of sp³-hybridized carbons (Fsp3) is 1.00. The van der Waals surface area contributed by atoms with Gasteiger partial charge < -0.3 is 19.1 Å². The normalized spacial score (nSPS) is 23.5. The van der Waals surface area contributed by atoms with Crippen molar-refractivity contribution >= 4 is 0 Å². The average molecular weight is 469 g/mol. The molecule has 2 fully saturated rings. The number of hydrogen-bond donors (Lipinski definition) is 0. The fourth-order valence-electron chi connectivity index (χ4n) is 4.98. The lowest BCUT2D eigenvalue weighted by molar-refractivity contribution is -0.123. The lowest BCUT2D eigenvalue weighted by Gasteiger charge is -2.46. The Morgan fingerprint density at radius 3 is 2.06 bits per heavy atom. The molecule has 0 unspecified atom stereocenters. The summed E-state index contributed by atoms with van der Waals surface area (Å²) in [5.41, 5.74) is -0.0605. The molecule has 0 aromatic carbocycles. The Kier molecular flexibility index (Phi) is 12.1. The van der Waals surface area contributed by atoms with E-state index in [0.717, 1.165) is 45.1 Å². The number of piperidine rings is 1. The van der Waals surface area contributed by atoms with E-state index in [-0.39, 0.29) is 11.2 Å². The van der Waals surface area contributed by atoms with Crippen LogP contribution in [0.15, 0.2) is 0 Å². The van der Waals surface area contributed by atoms with Gasteiger partial charge in [0.25, 0.3) is 0 Å². The summed E-state index contributed by atoms with van der Waals surface area (Å²) in [7, 11) is 0. The number of nitrogens with zero attached hydrogens (tertiary/aromatic N) is 2. The molecule has 0 amide bonds. The first kappa shape index (κ1) is 29.0. The fourth-order valence-corrected chi connectivity index (χ4v) is 4.98. The molecule has 0 aromatic rings. The zero-order chi connectivity index (χ0) is 24.5. The van der Waals surface area contributed by atoms with Gasteiger partial charge in [0.1, 0.15) is 0 Å².